The van der Waals surface area contributed by atoms with Crippen molar-refractivity contribution < 1.29 is 33.3 Å². The highest BCUT2D eigenvalue weighted by molar-refractivity contribution is 5.78. The second-order valence-corrected chi connectivity index (χ2v) is 4.86. The zero-order valence-electron chi connectivity index (χ0n) is 12.6. The number of methoxy groups -OCH3 is 1. The Morgan fingerprint density at radius 1 is 1.29 bits per heavy atom. The van der Waals surface area contributed by atoms with E-state index in [1.165, 1.54) is 6.08 Å². The molecule has 1 atom stereocenters. The summed E-state index contributed by atoms with van der Waals surface area (Å²) in [5.41, 5.74) is -0.686. The Morgan fingerprint density at radius 2 is 1.90 bits per heavy atom. The van der Waals surface area contributed by atoms with E-state index in [0.717, 1.165) is 7.11 Å². The Kier molecular flexibility index (Phi) is 7.88. The Hall–Kier alpha value is -2.25. The summed E-state index contributed by atoms with van der Waals surface area (Å²) in [7, 11) is 1.13. The normalized spacial score (nSPS) is 11.8. The van der Waals surface area contributed by atoms with Crippen LogP contribution in [0.3, 0.4) is 0 Å². The van der Waals surface area contributed by atoms with Crippen LogP contribution in [0.4, 0.5) is 9.59 Å². The molecule has 1 amide bonds. The van der Waals surface area contributed by atoms with Crippen molar-refractivity contribution in [1.82, 2.24) is 5.32 Å². The lowest BCUT2D eigenvalue weighted by molar-refractivity contribution is -0.151. The van der Waals surface area contributed by atoms with Crippen LogP contribution < -0.4 is 5.32 Å². The van der Waals surface area contributed by atoms with Crippen LogP contribution in [0.1, 0.15) is 20.8 Å². The fourth-order valence-electron chi connectivity index (χ4n) is 1.07. The van der Waals surface area contributed by atoms with E-state index in [0.29, 0.717) is 0 Å². The molecular formula is C13H21NO7. The van der Waals surface area contributed by atoms with Crippen molar-refractivity contribution in [1.29, 1.82) is 0 Å². The van der Waals surface area contributed by atoms with Crippen LogP contribution in [0.15, 0.2) is 12.7 Å². The van der Waals surface area contributed by atoms with Gasteiger partial charge in [0, 0.05) is 0 Å². The highest BCUT2D eigenvalue weighted by atomic mass is 16.7. The summed E-state index contributed by atoms with van der Waals surface area (Å²) >= 11 is 0. The quantitative estimate of drug-likeness (QED) is 0.449. The molecular weight excluding hydrogens is 282 g/mol. The standard InChI is InChI=1S/C13H21NO7/c1-6-7-19-12(17)20-9(10(15)18-5)8-14-11(16)21-13(2,3)4/h6,9H,1,7-8H2,2-5H3,(H,14,16)/t9-/m1/s1. The van der Waals surface area contributed by atoms with Crippen LogP contribution in [-0.2, 0) is 23.7 Å². The lowest BCUT2D eigenvalue weighted by Gasteiger charge is -2.21. The van der Waals surface area contributed by atoms with E-state index in [1.807, 2.05) is 0 Å². The lowest BCUT2D eigenvalue weighted by Crippen LogP contribution is -2.42. The molecule has 0 saturated heterocycles. The third-order valence-corrected chi connectivity index (χ3v) is 1.85. The van der Waals surface area contributed by atoms with Gasteiger partial charge in [-0.05, 0) is 20.8 Å². The molecule has 0 unspecified atom stereocenters. The van der Waals surface area contributed by atoms with E-state index >= 15 is 0 Å². The van der Waals surface area contributed by atoms with E-state index in [-0.39, 0.29) is 13.2 Å². The third kappa shape index (κ3) is 9.31. The molecule has 21 heavy (non-hydrogen) atoms. The molecule has 0 heterocycles. The van der Waals surface area contributed by atoms with Gasteiger partial charge in [0.1, 0.15) is 12.2 Å². The van der Waals surface area contributed by atoms with Gasteiger partial charge in [-0.3, -0.25) is 0 Å². The maximum Gasteiger partial charge on any atom is 0.509 e. The van der Waals surface area contributed by atoms with E-state index in [4.69, 9.17) is 9.47 Å². The predicted molar refractivity (Wildman–Crippen MR) is 72.7 cm³/mol. The van der Waals surface area contributed by atoms with Crippen LogP contribution in [0, 0.1) is 0 Å². The van der Waals surface area contributed by atoms with Gasteiger partial charge in [0.25, 0.3) is 0 Å². The molecule has 0 rings (SSSR count). The summed E-state index contributed by atoms with van der Waals surface area (Å²) in [6, 6.07) is 0. The smallest absolute Gasteiger partial charge is 0.466 e. The van der Waals surface area contributed by atoms with Crippen molar-refractivity contribution in [3.8, 4) is 0 Å². The van der Waals surface area contributed by atoms with Crippen LogP contribution >= 0.6 is 0 Å². The van der Waals surface area contributed by atoms with Gasteiger partial charge < -0.3 is 24.3 Å². The summed E-state index contributed by atoms with van der Waals surface area (Å²) in [5, 5.41) is 2.30. The first-order valence-corrected chi connectivity index (χ1v) is 6.18. The third-order valence-electron chi connectivity index (χ3n) is 1.85. The zero-order chi connectivity index (χ0) is 16.5. The first kappa shape index (κ1) is 18.8. The maximum absolute atomic E-state index is 11.5. The Labute approximate surface area is 123 Å². The maximum atomic E-state index is 11.5. The number of rotatable bonds is 6. The molecule has 0 aliphatic rings. The number of carbonyl (C=O) groups excluding carboxylic acids is 3. The van der Waals surface area contributed by atoms with Crippen molar-refractivity contribution in [2.45, 2.75) is 32.5 Å². The fourth-order valence-corrected chi connectivity index (χ4v) is 1.07. The number of carbonyl (C=O) groups is 3. The molecule has 0 aromatic heterocycles. The van der Waals surface area contributed by atoms with Crippen molar-refractivity contribution in [2.24, 2.45) is 0 Å². The molecule has 0 radical (unpaired) electrons. The molecule has 0 aliphatic heterocycles. The van der Waals surface area contributed by atoms with Gasteiger partial charge in [-0.1, -0.05) is 12.7 Å². The molecule has 0 bridgehead atoms. The number of alkyl carbamates (subject to hydrolysis) is 1. The summed E-state index contributed by atoms with van der Waals surface area (Å²) in [5.74, 6) is -0.832. The van der Waals surface area contributed by atoms with Crippen molar-refractivity contribution in [2.75, 3.05) is 20.3 Å². The topological polar surface area (TPSA) is 100 Å². The van der Waals surface area contributed by atoms with E-state index in [1.54, 1.807) is 20.8 Å². The fraction of sp³-hybridized carbons (Fsp3) is 0.615. The number of hydrogen-bond donors (Lipinski definition) is 1. The molecule has 0 fully saturated rings. The largest absolute Gasteiger partial charge is 0.509 e. The van der Waals surface area contributed by atoms with Gasteiger partial charge in [-0.25, -0.2) is 14.4 Å². The van der Waals surface area contributed by atoms with Crippen LogP contribution in [0.25, 0.3) is 0 Å². The summed E-state index contributed by atoms with van der Waals surface area (Å²) in [6.45, 7) is 8.06. The molecule has 0 aromatic carbocycles. The Morgan fingerprint density at radius 3 is 2.38 bits per heavy atom. The highest BCUT2D eigenvalue weighted by Gasteiger charge is 2.26. The molecule has 8 nitrogen and oxygen atoms in total. The van der Waals surface area contributed by atoms with Crippen LogP contribution in [-0.4, -0.2) is 50.2 Å². The average Bonchev–Trinajstić information content (AvgIpc) is 2.38. The van der Waals surface area contributed by atoms with Crippen LogP contribution in [0.5, 0.6) is 0 Å². The molecule has 0 aliphatic carbocycles. The number of hydrogen-bond acceptors (Lipinski definition) is 7. The molecule has 1 N–H and O–H groups in total. The molecule has 120 valence electrons. The predicted octanol–water partition coefficient (Wildman–Crippen LogP) is 1.39. The monoisotopic (exact) mass is 303 g/mol. The zero-order valence-corrected chi connectivity index (χ0v) is 12.6. The summed E-state index contributed by atoms with van der Waals surface area (Å²) < 4.78 is 18.8. The Bertz CT molecular complexity index is 386. The van der Waals surface area contributed by atoms with Gasteiger partial charge in [0.15, 0.2) is 0 Å². The average molecular weight is 303 g/mol. The first-order chi connectivity index (χ1) is 9.69. The van der Waals surface area contributed by atoms with Gasteiger partial charge in [-0.15, -0.1) is 0 Å². The number of nitrogens with one attached hydrogen (secondary N) is 1. The second-order valence-electron chi connectivity index (χ2n) is 4.86. The highest BCUT2D eigenvalue weighted by Crippen LogP contribution is 2.06. The van der Waals surface area contributed by atoms with Crippen molar-refractivity contribution in [3.63, 3.8) is 0 Å². The van der Waals surface area contributed by atoms with Gasteiger partial charge >= 0.3 is 18.2 Å². The van der Waals surface area contributed by atoms with Gasteiger partial charge in [0.05, 0.1) is 13.7 Å². The number of amides is 1. The first-order valence-electron chi connectivity index (χ1n) is 6.18. The minimum absolute atomic E-state index is 0.0633. The van der Waals surface area contributed by atoms with E-state index in [9.17, 15) is 14.4 Å². The summed E-state index contributed by atoms with van der Waals surface area (Å²) in [4.78, 5) is 34.2. The van der Waals surface area contributed by atoms with E-state index < -0.39 is 29.9 Å². The molecule has 8 heteroatoms. The van der Waals surface area contributed by atoms with Crippen molar-refractivity contribution >= 4 is 18.2 Å². The molecule has 0 saturated carbocycles. The van der Waals surface area contributed by atoms with Crippen LogP contribution in [0.2, 0.25) is 0 Å². The molecule has 0 spiro atoms. The minimum Gasteiger partial charge on any atom is -0.466 e. The van der Waals surface area contributed by atoms with Gasteiger partial charge in [-0.2, -0.15) is 0 Å². The Balaban J connectivity index is 4.43. The van der Waals surface area contributed by atoms with E-state index in [2.05, 4.69) is 21.4 Å². The van der Waals surface area contributed by atoms with Crippen molar-refractivity contribution in [3.05, 3.63) is 12.7 Å². The second kappa shape index (κ2) is 8.83. The van der Waals surface area contributed by atoms with Gasteiger partial charge in [0.2, 0.25) is 6.10 Å². The number of esters is 1. The minimum atomic E-state index is -1.33. The SMILES string of the molecule is C=CCOC(=O)O[C@H](CNC(=O)OC(C)(C)C)C(=O)OC. The summed E-state index contributed by atoms with van der Waals surface area (Å²) in [6.07, 6.45) is -1.82. The molecule has 0 aromatic rings. The number of ether oxygens (including phenoxy) is 4. The lowest BCUT2D eigenvalue weighted by atomic mass is 10.2.